The van der Waals surface area contributed by atoms with Crippen molar-refractivity contribution in [3.8, 4) is 0 Å². The Balaban J connectivity index is 3.99. The summed E-state index contributed by atoms with van der Waals surface area (Å²) in [5, 5.41) is 0. The molecule has 0 heterocycles. The molecule has 13 heavy (non-hydrogen) atoms. The van der Waals surface area contributed by atoms with Crippen LogP contribution in [0.4, 0.5) is 0 Å². The van der Waals surface area contributed by atoms with Gasteiger partial charge in [0.05, 0.1) is 6.04 Å². The molecule has 2 atom stereocenters. The summed E-state index contributed by atoms with van der Waals surface area (Å²) in [7, 11) is 0. The first-order chi connectivity index (χ1) is 6.11. The van der Waals surface area contributed by atoms with Crippen LogP contribution in [0.5, 0.6) is 0 Å². The van der Waals surface area contributed by atoms with E-state index in [2.05, 4.69) is 39.6 Å². The van der Waals surface area contributed by atoms with Crippen molar-refractivity contribution >= 4 is 5.71 Å². The van der Waals surface area contributed by atoms with Gasteiger partial charge in [-0.25, -0.2) is 0 Å². The van der Waals surface area contributed by atoms with Gasteiger partial charge in [0.15, 0.2) is 0 Å². The van der Waals surface area contributed by atoms with Gasteiger partial charge in [0.2, 0.25) is 0 Å². The zero-order valence-electron chi connectivity index (χ0n) is 9.93. The van der Waals surface area contributed by atoms with Gasteiger partial charge in [-0.15, -0.1) is 0 Å². The maximum absolute atomic E-state index is 4.66. The van der Waals surface area contributed by atoms with Crippen molar-refractivity contribution in [1.29, 1.82) is 0 Å². The van der Waals surface area contributed by atoms with Crippen LogP contribution in [0, 0.1) is 5.92 Å². The highest BCUT2D eigenvalue weighted by molar-refractivity contribution is 5.79. The number of rotatable bonds is 6. The maximum atomic E-state index is 4.66. The van der Waals surface area contributed by atoms with Crippen molar-refractivity contribution in [3.63, 3.8) is 0 Å². The van der Waals surface area contributed by atoms with Crippen LogP contribution >= 0.6 is 0 Å². The van der Waals surface area contributed by atoms with E-state index in [1.807, 2.05) is 0 Å². The lowest BCUT2D eigenvalue weighted by Gasteiger charge is -2.19. The van der Waals surface area contributed by atoms with E-state index >= 15 is 0 Å². The van der Waals surface area contributed by atoms with E-state index in [-0.39, 0.29) is 0 Å². The smallest absolute Gasteiger partial charge is 0.0521 e. The molecule has 0 saturated carbocycles. The molecular weight excluding hydrogens is 158 g/mol. The van der Waals surface area contributed by atoms with Gasteiger partial charge in [-0.05, 0) is 32.6 Å². The summed E-state index contributed by atoms with van der Waals surface area (Å²) in [4.78, 5) is 4.66. The number of aliphatic imine (C=N–C) groups is 1. The first-order valence-corrected chi connectivity index (χ1v) is 5.62. The van der Waals surface area contributed by atoms with Crippen LogP contribution < -0.4 is 0 Å². The molecule has 0 radical (unpaired) electrons. The molecule has 78 valence electrons. The molecule has 0 aromatic carbocycles. The fourth-order valence-electron chi connectivity index (χ4n) is 1.67. The van der Waals surface area contributed by atoms with Gasteiger partial charge < -0.3 is 0 Å². The summed E-state index contributed by atoms with van der Waals surface area (Å²) in [6, 6.07) is 0.552. The van der Waals surface area contributed by atoms with Crippen molar-refractivity contribution in [1.82, 2.24) is 0 Å². The third kappa shape index (κ3) is 5.84. The predicted molar refractivity (Wildman–Crippen MR) is 61.6 cm³/mol. The molecule has 0 rings (SSSR count). The van der Waals surface area contributed by atoms with Crippen LogP contribution in [0.3, 0.4) is 0 Å². The van der Waals surface area contributed by atoms with Crippen LogP contribution in [0.2, 0.25) is 0 Å². The van der Waals surface area contributed by atoms with Crippen molar-refractivity contribution < 1.29 is 0 Å². The summed E-state index contributed by atoms with van der Waals surface area (Å²) in [6.07, 6.45) is 5.15. The molecule has 0 aromatic rings. The lowest BCUT2D eigenvalue weighted by Crippen LogP contribution is -2.16. The van der Waals surface area contributed by atoms with Crippen molar-refractivity contribution in [2.45, 2.75) is 66.3 Å². The van der Waals surface area contributed by atoms with Gasteiger partial charge >= 0.3 is 0 Å². The van der Waals surface area contributed by atoms with Crippen molar-refractivity contribution in [2.24, 2.45) is 10.9 Å². The minimum absolute atomic E-state index is 0.552. The van der Waals surface area contributed by atoms with E-state index in [1.165, 1.54) is 31.4 Å². The molecule has 0 N–H and O–H groups in total. The van der Waals surface area contributed by atoms with E-state index in [9.17, 15) is 0 Å². The normalized spacial score (nSPS) is 15.2. The molecule has 1 heteroatoms. The van der Waals surface area contributed by atoms with E-state index in [0.29, 0.717) is 6.04 Å². The van der Waals surface area contributed by atoms with Crippen LogP contribution in [0.25, 0.3) is 0 Å². The zero-order chi connectivity index (χ0) is 10.3. The Kier molecular flexibility index (Phi) is 6.93. The van der Waals surface area contributed by atoms with Gasteiger partial charge in [-0.2, -0.15) is 0 Å². The molecule has 0 amide bonds. The fraction of sp³-hybridized carbons (Fsp3) is 0.917. The Labute approximate surface area is 83.6 Å². The number of unbranched alkanes of at least 4 members (excludes halogenated alkanes) is 1. The quantitative estimate of drug-likeness (QED) is 0.550. The Morgan fingerprint density at radius 1 is 1.23 bits per heavy atom. The second kappa shape index (κ2) is 7.11. The standard InChI is InChI=1S/C12H25N/c1-6-8-9-11(5)12(7-2)13-10(3)4/h11-12H,6-9H2,1-5H3. The highest BCUT2D eigenvalue weighted by Crippen LogP contribution is 2.17. The van der Waals surface area contributed by atoms with Crippen LogP contribution in [0.15, 0.2) is 4.99 Å². The highest BCUT2D eigenvalue weighted by atomic mass is 14.8. The molecule has 1 nitrogen and oxygen atoms in total. The predicted octanol–water partition coefficient (Wildman–Crippen LogP) is 4.07. The van der Waals surface area contributed by atoms with E-state index < -0.39 is 0 Å². The van der Waals surface area contributed by atoms with Gasteiger partial charge in [0, 0.05) is 5.71 Å². The Hall–Kier alpha value is -0.330. The molecule has 0 aromatic heterocycles. The lowest BCUT2D eigenvalue weighted by molar-refractivity contribution is 0.406. The second-order valence-electron chi connectivity index (χ2n) is 4.17. The molecule has 0 aliphatic carbocycles. The van der Waals surface area contributed by atoms with Crippen molar-refractivity contribution in [3.05, 3.63) is 0 Å². The first kappa shape index (κ1) is 12.7. The molecule has 0 bridgehead atoms. The second-order valence-corrected chi connectivity index (χ2v) is 4.17. The Morgan fingerprint density at radius 3 is 2.23 bits per heavy atom. The molecular formula is C12H25N. The maximum Gasteiger partial charge on any atom is 0.0521 e. The Bertz CT molecular complexity index is 145. The van der Waals surface area contributed by atoms with E-state index in [0.717, 1.165) is 5.92 Å². The highest BCUT2D eigenvalue weighted by Gasteiger charge is 2.12. The third-order valence-electron chi connectivity index (χ3n) is 2.51. The topological polar surface area (TPSA) is 12.4 Å². The SMILES string of the molecule is CCCCC(C)C(CC)N=C(C)C. The summed E-state index contributed by atoms with van der Waals surface area (Å²) < 4.78 is 0. The summed E-state index contributed by atoms with van der Waals surface area (Å²) in [5.41, 5.74) is 1.22. The Morgan fingerprint density at radius 2 is 1.85 bits per heavy atom. The van der Waals surface area contributed by atoms with Crippen molar-refractivity contribution in [2.75, 3.05) is 0 Å². The van der Waals surface area contributed by atoms with Gasteiger partial charge in [0.1, 0.15) is 0 Å². The zero-order valence-corrected chi connectivity index (χ0v) is 9.93. The lowest BCUT2D eigenvalue weighted by atomic mass is 9.94. The largest absolute Gasteiger partial charge is 0.291 e. The minimum atomic E-state index is 0.552. The molecule has 0 fully saturated rings. The monoisotopic (exact) mass is 183 g/mol. The van der Waals surface area contributed by atoms with Crippen LogP contribution in [-0.4, -0.2) is 11.8 Å². The number of nitrogens with zero attached hydrogens (tertiary/aromatic N) is 1. The average molecular weight is 183 g/mol. The van der Waals surface area contributed by atoms with E-state index in [4.69, 9.17) is 0 Å². The van der Waals surface area contributed by atoms with Gasteiger partial charge in [-0.3, -0.25) is 4.99 Å². The van der Waals surface area contributed by atoms with Gasteiger partial charge in [-0.1, -0.05) is 33.6 Å². The summed E-state index contributed by atoms with van der Waals surface area (Å²) in [5.74, 6) is 0.750. The molecule has 0 aliphatic heterocycles. The van der Waals surface area contributed by atoms with Crippen LogP contribution in [0.1, 0.15) is 60.3 Å². The first-order valence-electron chi connectivity index (χ1n) is 5.62. The molecule has 0 aliphatic rings. The summed E-state index contributed by atoms with van der Waals surface area (Å²) in [6.45, 7) is 11.0. The fourth-order valence-corrected chi connectivity index (χ4v) is 1.67. The molecule has 2 unspecified atom stereocenters. The van der Waals surface area contributed by atoms with Crippen LogP contribution in [-0.2, 0) is 0 Å². The van der Waals surface area contributed by atoms with Gasteiger partial charge in [0.25, 0.3) is 0 Å². The third-order valence-corrected chi connectivity index (χ3v) is 2.51. The number of hydrogen-bond acceptors (Lipinski definition) is 1. The average Bonchev–Trinajstić information content (AvgIpc) is 2.09. The number of hydrogen-bond donors (Lipinski definition) is 0. The minimum Gasteiger partial charge on any atom is -0.291 e. The molecule has 0 spiro atoms. The molecule has 0 saturated heterocycles. The summed E-state index contributed by atoms with van der Waals surface area (Å²) >= 11 is 0. The van der Waals surface area contributed by atoms with E-state index in [1.54, 1.807) is 0 Å².